The Kier molecular flexibility index (Phi) is 9.59. The fourth-order valence-electron chi connectivity index (χ4n) is 7.70. The van der Waals surface area contributed by atoms with Gasteiger partial charge in [0.15, 0.2) is 0 Å². The number of hydrogen-bond acceptors (Lipinski definition) is 7. The molecule has 0 aliphatic carbocycles. The normalized spacial score (nSPS) is 23.7. The molecule has 8 bridgehead atoms. The number of carbonyl (C=O) groups is 4. The first-order valence-corrected chi connectivity index (χ1v) is 16.3. The molecule has 0 radical (unpaired) electrons. The molecule has 254 valence electrons. The second kappa shape index (κ2) is 13.3. The first-order chi connectivity index (χ1) is 22.7. The summed E-state index contributed by atoms with van der Waals surface area (Å²) in [6, 6.07) is -0.867. The number of carboxylic acid groups (broad SMARTS) is 4. The summed E-state index contributed by atoms with van der Waals surface area (Å²) in [5, 5.41) is 44.7. The lowest BCUT2D eigenvalue weighted by Gasteiger charge is -2.22. The molecule has 0 aromatic carbocycles. The molecule has 0 saturated carbocycles. The summed E-state index contributed by atoms with van der Waals surface area (Å²) in [7, 11) is 0. The fourth-order valence-corrected chi connectivity index (χ4v) is 7.70. The van der Waals surface area contributed by atoms with Crippen molar-refractivity contribution in [3.05, 3.63) is 67.2 Å². The Morgan fingerprint density at radius 1 is 0.875 bits per heavy atom. The van der Waals surface area contributed by atoms with E-state index in [9.17, 15) is 39.6 Å². The molecule has 5 rings (SSSR count). The number of rotatable bonds is 10. The number of aliphatic imine (C=N–C) groups is 2. The average molecular weight is 659 g/mol. The highest BCUT2D eigenvalue weighted by Crippen LogP contribution is 2.41. The van der Waals surface area contributed by atoms with Gasteiger partial charge in [-0.15, -0.1) is 0 Å². The van der Waals surface area contributed by atoms with Crippen LogP contribution in [0.5, 0.6) is 0 Å². The molecule has 4 unspecified atom stereocenters. The third-order valence-corrected chi connectivity index (χ3v) is 10.3. The predicted molar refractivity (Wildman–Crippen MR) is 180 cm³/mol. The van der Waals surface area contributed by atoms with E-state index in [1.165, 1.54) is 0 Å². The van der Waals surface area contributed by atoms with E-state index >= 15 is 0 Å². The van der Waals surface area contributed by atoms with Crippen molar-refractivity contribution in [1.82, 2.24) is 10.3 Å². The monoisotopic (exact) mass is 658 g/mol. The second-order valence-corrected chi connectivity index (χ2v) is 12.9. The van der Waals surface area contributed by atoms with Gasteiger partial charge in [-0.3, -0.25) is 9.59 Å². The maximum Gasteiger partial charge on any atom is 0.340 e. The van der Waals surface area contributed by atoms with Crippen molar-refractivity contribution in [3.8, 4) is 0 Å². The van der Waals surface area contributed by atoms with Gasteiger partial charge < -0.3 is 30.7 Å². The number of nitrogens with one attached hydrogen (secondary N) is 2. The van der Waals surface area contributed by atoms with Crippen LogP contribution >= 0.6 is 0 Å². The van der Waals surface area contributed by atoms with E-state index in [1.807, 2.05) is 26.8 Å². The molecule has 4 aliphatic heterocycles. The van der Waals surface area contributed by atoms with Crippen LogP contribution in [-0.2, 0) is 25.6 Å². The van der Waals surface area contributed by atoms with E-state index in [1.54, 1.807) is 19.9 Å². The molecule has 12 nitrogen and oxygen atoms in total. The number of aliphatic carboxylic acids is 4. The van der Waals surface area contributed by atoms with Gasteiger partial charge in [0.2, 0.25) is 0 Å². The Morgan fingerprint density at radius 3 is 2.12 bits per heavy atom. The molecule has 1 fully saturated rings. The molecular weight excluding hydrogens is 616 g/mol. The summed E-state index contributed by atoms with van der Waals surface area (Å²) >= 11 is 0. The molecule has 4 aliphatic rings. The molecule has 4 atom stereocenters. The average Bonchev–Trinajstić information content (AvgIpc) is 3.68. The van der Waals surface area contributed by atoms with E-state index < -0.39 is 29.9 Å². The number of allylic oxidation sites excluding steroid dienone is 4. The SMILES string of the molecule is CCC1=C(C)C2=C(C(=O)O)C3NC(C=C4N=C(C=c5[nH]c(c(C)c5CCC(=O)O)=C(C(=O)O)C1=N2)C(CCC(=O)O)=C4C)C(C)C3CC. The number of hydrogen-bond donors (Lipinski definition) is 6. The summed E-state index contributed by atoms with van der Waals surface area (Å²) in [6.45, 7) is 11.3. The van der Waals surface area contributed by atoms with E-state index in [0.29, 0.717) is 57.4 Å². The van der Waals surface area contributed by atoms with Gasteiger partial charge in [0.05, 0.1) is 33.7 Å². The van der Waals surface area contributed by atoms with Crippen molar-refractivity contribution in [2.45, 2.75) is 92.2 Å². The molecular formula is C36H42N4O8. The van der Waals surface area contributed by atoms with Crippen LogP contribution in [-0.4, -0.2) is 72.8 Å². The minimum atomic E-state index is -1.27. The highest BCUT2D eigenvalue weighted by atomic mass is 16.4. The van der Waals surface area contributed by atoms with Crippen LogP contribution in [0.25, 0.3) is 11.6 Å². The lowest BCUT2D eigenvalue weighted by molar-refractivity contribution is -0.137. The summed E-state index contributed by atoms with van der Waals surface area (Å²) < 4.78 is 0. The van der Waals surface area contributed by atoms with Gasteiger partial charge in [-0.1, -0.05) is 27.2 Å². The Morgan fingerprint density at radius 2 is 1.54 bits per heavy atom. The number of carboxylic acids is 4. The van der Waals surface area contributed by atoms with Crippen molar-refractivity contribution in [2.24, 2.45) is 21.8 Å². The van der Waals surface area contributed by atoms with Gasteiger partial charge in [0.1, 0.15) is 5.57 Å². The first-order valence-electron chi connectivity index (χ1n) is 16.3. The van der Waals surface area contributed by atoms with Crippen LogP contribution in [0, 0.1) is 18.8 Å². The van der Waals surface area contributed by atoms with Gasteiger partial charge in [-0.2, -0.15) is 0 Å². The maximum absolute atomic E-state index is 13.1. The van der Waals surface area contributed by atoms with E-state index in [2.05, 4.69) is 17.2 Å². The van der Waals surface area contributed by atoms with Crippen LogP contribution in [0.4, 0.5) is 0 Å². The topological polar surface area (TPSA) is 202 Å². The first kappa shape index (κ1) is 34.5. The molecule has 48 heavy (non-hydrogen) atoms. The van der Waals surface area contributed by atoms with Crippen molar-refractivity contribution in [1.29, 1.82) is 0 Å². The van der Waals surface area contributed by atoms with Crippen molar-refractivity contribution in [3.63, 3.8) is 0 Å². The van der Waals surface area contributed by atoms with Gasteiger partial charge >= 0.3 is 23.9 Å². The van der Waals surface area contributed by atoms with Crippen LogP contribution in [0.1, 0.15) is 77.8 Å². The standard InChI is InChI=1S/C36H42N4O8/c1-7-19-15(3)24-13-23-16(4)21(9-11-27(41)42)25(37-23)14-26-22(10-12-28(43)44)18(6)31(39-26)29(35(45)46)34-20(8-2)17(5)32(40-34)30(36(47)48)33(19)38-24/h13-15,19,24,33,38-39H,7-12H2,1-6H3,(H,41,42)(H,43,44)(H,45,46)(H,47,48). The smallest absolute Gasteiger partial charge is 0.340 e. The van der Waals surface area contributed by atoms with E-state index in [0.717, 1.165) is 5.57 Å². The van der Waals surface area contributed by atoms with Crippen molar-refractivity contribution < 1.29 is 39.6 Å². The number of aromatic amines is 1. The molecule has 0 amide bonds. The summed E-state index contributed by atoms with van der Waals surface area (Å²) in [6.07, 6.45) is 4.76. The van der Waals surface area contributed by atoms with Crippen molar-refractivity contribution in [2.75, 3.05) is 0 Å². The van der Waals surface area contributed by atoms with Gasteiger partial charge in [-0.25, -0.2) is 19.6 Å². The summed E-state index contributed by atoms with van der Waals surface area (Å²) in [5.41, 5.74) is 5.32. The van der Waals surface area contributed by atoms with Crippen LogP contribution in [0.15, 0.2) is 55.3 Å². The molecule has 0 spiro atoms. The zero-order valence-corrected chi connectivity index (χ0v) is 28.0. The van der Waals surface area contributed by atoms with Gasteiger partial charge in [-0.05, 0) is 97.4 Å². The maximum atomic E-state index is 13.1. The van der Waals surface area contributed by atoms with Crippen LogP contribution in [0.3, 0.4) is 0 Å². The fraction of sp³-hybridized carbons (Fsp3) is 0.444. The van der Waals surface area contributed by atoms with Gasteiger partial charge in [0, 0.05) is 30.3 Å². The van der Waals surface area contributed by atoms with Crippen LogP contribution in [0.2, 0.25) is 0 Å². The highest BCUT2D eigenvalue weighted by molar-refractivity contribution is 6.46. The Balaban J connectivity index is 1.95. The molecule has 1 aromatic rings. The van der Waals surface area contributed by atoms with E-state index in [4.69, 9.17) is 9.98 Å². The lowest BCUT2D eigenvalue weighted by atomic mass is 9.82. The molecule has 1 saturated heterocycles. The van der Waals surface area contributed by atoms with Gasteiger partial charge in [0.25, 0.3) is 0 Å². The van der Waals surface area contributed by atoms with Crippen LogP contribution < -0.4 is 16.0 Å². The Bertz CT molecular complexity index is 1950. The zero-order chi connectivity index (χ0) is 35.2. The number of nitrogens with zero attached hydrogens (tertiary/aromatic N) is 2. The lowest BCUT2D eigenvalue weighted by Crippen LogP contribution is -2.36. The number of fused-ring (bicyclic) bond motifs is 6. The minimum Gasteiger partial charge on any atom is -0.481 e. The second-order valence-electron chi connectivity index (χ2n) is 12.9. The van der Waals surface area contributed by atoms with E-state index in [-0.39, 0.29) is 71.5 Å². The molecule has 5 heterocycles. The number of H-pyrrole nitrogens is 1. The summed E-state index contributed by atoms with van der Waals surface area (Å²) in [5.74, 6) is -4.49. The molecule has 6 N–H and O–H groups in total. The third kappa shape index (κ3) is 6.00. The Hall–Kier alpha value is -4.84. The largest absolute Gasteiger partial charge is 0.481 e. The zero-order valence-electron chi connectivity index (χ0n) is 28.0. The quantitative estimate of drug-likeness (QED) is 0.218. The number of aromatic nitrogens is 1. The predicted octanol–water partition coefficient (Wildman–Crippen LogP) is 3.41. The third-order valence-electron chi connectivity index (χ3n) is 10.3. The summed E-state index contributed by atoms with van der Waals surface area (Å²) in [4.78, 5) is 62.5. The highest BCUT2D eigenvalue weighted by Gasteiger charge is 2.44. The molecule has 1 aromatic heterocycles. The molecule has 12 heteroatoms. The minimum absolute atomic E-state index is 0.00614. The Labute approximate surface area is 277 Å². The van der Waals surface area contributed by atoms with Crippen molar-refractivity contribution >= 4 is 46.9 Å².